The second kappa shape index (κ2) is 6.09. The quantitative estimate of drug-likeness (QED) is 0.858. The summed E-state index contributed by atoms with van der Waals surface area (Å²) in [5, 5.41) is 0.627. The molecule has 16 heavy (non-hydrogen) atoms. The molecule has 1 rings (SSSR count). The number of nitrogens with two attached hydrogens (primary N) is 1. The van der Waals surface area contributed by atoms with Crippen LogP contribution in [0.2, 0.25) is 5.02 Å². The highest BCUT2D eigenvalue weighted by molar-refractivity contribution is 6.32. The highest BCUT2D eigenvalue weighted by Crippen LogP contribution is 2.25. The maximum Gasteiger partial charge on any atom is 0.138 e. The maximum absolute atomic E-state index is 6.01. The minimum Gasteiger partial charge on any atom is -0.490 e. The molecule has 2 N–H and O–H groups in total. The Balaban J connectivity index is 2.51. The molecule has 0 saturated carbocycles. The van der Waals surface area contributed by atoms with Crippen LogP contribution in [0.15, 0.2) is 18.2 Å². The molecule has 0 radical (unpaired) electrons. The Hall–Kier alpha value is -0.770. The fourth-order valence-corrected chi connectivity index (χ4v) is 1.61. The summed E-state index contributed by atoms with van der Waals surface area (Å²) < 4.78 is 5.60. The van der Waals surface area contributed by atoms with Gasteiger partial charge >= 0.3 is 0 Å². The molecule has 0 aromatic heterocycles. The molecule has 0 fully saturated rings. The average molecular weight is 243 g/mol. The monoisotopic (exact) mass is 242 g/mol. The van der Waals surface area contributed by atoms with Gasteiger partial charge in [0.25, 0.3) is 0 Å². The normalized spacial score (nSPS) is 12.9. The summed E-state index contributed by atoms with van der Waals surface area (Å²) in [6.45, 7) is 3.27. The van der Waals surface area contributed by atoms with Gasteiger partial charge in [-0.25, -0.2) is 0 Å². The van der Waals surface area contributed by atoms with Crippen LogP contribution in [-0.4, -0.2) is 38.2 Å². The largest absolute Gasteiger partial charge is 0.490 e. The van der Waals surface area contributed by atoms with Crippen molar-refractivity contribution in [3.05, 3.63) is 28.8 Å². The summed E-state index contributed by atoms with van der Waals surface area (Å²) >= 11 is 6.01. The molecule has 0 spiro atoms. The van der Waals surface area contributed by atoms with Crippen molar-refractivity contribution in [1.29, 1.82) is 0 Å². The molecule has 4 heteroatoms. The first-order valence-electron chi connectivity index (χ1n) is 5.28. The van der Waals surface area contributed by atoms with E-state index in [1.54, 1.807) is 0 Å². The van der Waals surface area contributed by atoms with Crippen molar-refractivity contribution in [2.24, 2.45) is 5.73 Å². The molecule has 1 aromatic carbocycles. The molecule has 0 bridgehead atoms. The van der Waals surface area contributed by atoms with Crippen molar-refractivity contribution in [2.75, 3.05) is 27.2 Å². The second-order valence-electron chi connectivity index (χ2n) is 4.27. The number of ether oxygens (including phenoxy) is 1. The number of nitrogens with zero attached hydrogens (tertiary/aromatic N) is 1. The van der Waals surface area contributed by atoms with Crippen LogP contribution < -0.4 is 10.5 Å². The van der Waals surface area contributed by atoms with Crippen LogP contribution in [0.3, 0.4) is 0 Å². The molecule has 0 heterocycles. The third-order valence-corrected chi connectivity index (χ3v) is 2.45. The minimum atomic E-state index is -0.00780. The van der Waals surface area contributed by atoms with Gasteiger partial charge in [0, 0.05) is 6.54 Å². The second-order valence-corrected chi connectivity index (χ2v) is 4.67. The van der Waals surface area contributed by atoms with Crippen LogP contribution in [0.25, 0.3) is 0 Å². The molecule has 3 nitrogen and oxygen atoms in total. The Labute approximate surface area is 102 Å². The van der Waals surface area contributed by atoms with E-state index in [-0.39, 0.29) is 6.04 Å². The summed E-state index contributed by atoms with van der Waals surface area (Å²) in [4.78, 5) is 2.03. The van der Waals surface area contributed by atoms with E-state index in [1.165, 1.54) is 0 Å². The fourth-order valence-electron chi connectivity index (χ4n) is 1.44. The Kier molecular flexibility index (Phi) is 5.06. The Bertz CT molecular complexity index is 342. The third kappa shape index (κ3) is 4.39. The van der Waals surface area contributed by atoms with Crippen LogP contribution >= 0.6 is 11.6 Å². The molecular formula is C12H19ClN2O. The first kappa shape index (κ1) is 13.3. The number of benzene rings is 1. The van der Waals surface area contributed by atoms with Gasteiger partial charge in [0.1, 0.15) is 12.4 Å². The minimum absolute atomic E-state index is 0.00780. The van der Waals surface area contributed by atoms with E-state index in [2.05, 4.69) is 0 Å². The topological polar surface area (TPSA) is 38.5 Å². The number of hydrogen-bond donors (Lipinski definition) is 1. The number of halogens is 1. The number of aryl methyl sites for hydroxylation is 1. The van der Waals surface area contributed by atoms with Crippen LogP contribution in [-0.2, 0) is 0 Å². The van der Waals surface area contributed by atoms with Crippen molar-refractivity contribution in [3.8, 4) is 5.75 Å². The summed E-state index contributed by atoms with van der Waals surface area (Å²) in [7, 11) is 3.97. The summed E-state index contributed by atoms with van der Waals surface area (Å²) in [5.41, 5.74) is 7.03. The zero-order chi connectivity index (χ0) is 12.1. The number of likely N-dealkylation sites (N-methyl/N-ethyl adjacent to an activating group) is 1. The van der Waals surface area contributed by atoms with Gasteiger partial charge in [-0.2, -0.15) is 0 Å². The molecule has 1 aromatic rings. The van der Waals surface area contributed by atoms with E-state index in [1.807, 2.05) is 44.1 Å². The lowest BCUT2D eigenvalue weighted by atomic mass is 10.2. The first-order valence-corrected chi connectivity index (χ1v) is 5.66. The smallest absolute Gasteiger partial charge is 0.138 e. The number of rotatable bonds is 5. The molecule has 1 atom stereocenters. The van der Waals surface area contributed by atoms with E-state index < -0.39 is 0 Å². The van der Waals surface area contributed by atoms with Crippen molar-refractivity contribution < 1.29 is 4.74 Å². The molecule has 90 valence electrons. The lowest BCUT2D eigenvalue weighted by molar-refractivity contribution is 0.254. The van der Waals surface area contributed by atoms with E-state index in [0.29, 0.717) is 17.4 Å². The van der Waals surface area contributed by atoms with Crippen molar-refractivity contribution in [1.82, 2.24) is 4.90 Å². The van der Waals surface area contributed by atoms with Gasteiger partial charge < -0.3 is 15.4 Å². The van der Waals surface area contributed by atoms with E-state index in [0.717, 1.165) is 12.1 Å². The molecule has 0 amide bonds. The predicted molar refractivity (Wildman–Crippen MR) is 68.2 cm³/mol. The number of hydrogen-bond acceptors (Lipinski definition) is 3. The first-order chi connectivity index (χ1) is 7.49. The van der Waals surface area contributed by atoms with Crippen LogP contribution in [0, 0.1) is 6.92 Å². The summed E-state index contributed by atoms with van der Waals surface area (Å²) in [6.07, 6.45) is 0. The van der Waals surface area contributed by atoms with Gasteiger partial charge in [-0.3, -0.25) is 0 Å². The summed E-state index contributed by atoms with van der Waals surface area (Å²) in [6, 6.07) is 5.70. The van der Waals surface area contributed by atoms with Crippen molar-refractivity contribution in [2.45, 2.75) is 13.0 Å². The van der Waals surface area contributed by atoms with Crippen molar-refractivity contribution in [3.63, 3.8) is 0 Å². The predicted octanol–water partition coefficient (Wildman–Crippen LogP) is 1.92. The highest BCUT2D eigenvalue weighted by Gasteiger charge is 2.07. The van der Waals surface area contributed by atoms with Gasteiger partial charge in [-0.05, 0) is 38.7 Å². The lowest BCUT2D eigenvalue weighted by Crippen LogP contribution is -2.38. The maximum atomic E-state index is 6.01. The Morgan fingerprint density at radius 3 is 2.75 bits per heavy atom. The van der Waals surface area contributed by atoms with Crippen molar-refractivity contribution >= 4 is 11.6 Å². The highest BCUT2D eigenvalue weighted by atomic mass is 35.5. The van der Waals surface area contributed by atoms with Gasteiger partial charge in [0.15, 0.2) is 0 Å². The molecule has 1 unspecified atom stereocenters. The SMILES string of the molecule is Cc1ccc(Cl)c(OCC(N)CN(C)C)c1. The molecule has 0 aliphatic rings. The molecule has 0 aliphatic carbocycles. The fraction of sp³-hybridized carbons (Fsp3) is 0.500. The van der Waals surface area contributed by atoms with Gasteiger partial charge in [-0.1, -0.05) is 17.7 Å². The van der Waals surface area contributed by atoms with E-state index >= 15 is 0 Å². The van der Waals surface area contributed by atoms with Gasteiger partial charge in [-0.15, -0.1) is 0 Å². The molecular weight excluding hydrogens is 224 g/mol. The molecule has 0 saturated heterocycles. The van der Waals surface area contributed by atoms with Gasteiger partial charge in [0.05, 0.1) is 11.1 Å². The van der Waals surface area contributed by atoms with Gasteiger partial charge in [0.2, 0.25) is 0 Å². The summed E-state index contributed by atoms with van der Waals surface area (Å²) in [5.74, 6) is 0.705. The zero-order valence-corrected chi connectivity index (χ0v) is 10.8. The molecule has 0 aliphatic heterocycles. The standard InChI is InChI=1S/C12H19ClN2O/c1-9-4-5-11(13)12(6-9)16-8-10(14)7-15(2)3/h4-6,10H,7-8,14H2,1-3H3. The average Bonchev–Trinajstić information content (AvgIpc) is 2.18. The lowest BCUT2D eigenvalue weighted by Gasteiger charge is -2.18. The van der Waals surface area contributed by atoms with Crippen LogP contribution in [0.5, 0.6) is 5.75 Å². The van der Waals surface area contributed by atoms with E-state index in [4.69, 9.17) is 22.1 Å². The third-order valence-electron chi connectivity index (χ3n) is 2.14. The Morgan fingerprint density at radius 2 is 2.12 bits per heavy atom. The zero-order valence-electron chi connectivity index (χ0n) is 10.0. The Morgan fingerprint density at radius 1 is 1.44 bits per heavy atom. The van der Waals surface area contributed by atoms with E-state index in [9.17, 15) is 0 Å². The van der Waals surface area contributed by atoms with Crippen LogP contribution in [0.4, 0.5) is 0 Å². The van der Waals surface area contributed by atoms with Crippen LogP contribution in [0.1, 0.15) is 5.56 Å².